The molecule has 2 rings (SSSR count). The number of carboxylic acids is 1. The Bertz CT molecular complexity index is 706. The molecular weight excluding hydrogens is 373 g/mol. The Hall–Kier alpha value is -0.820. The number of β-lactam (4-membered cyclic amide) rings is 1. The first-order valence-electron chi connectivity index (χ1n) is 6.51. The quantitative estimate of drug-likeness (QED) is 0.287. The van der Waals surface area contributed by atoms with Crippen molar-refractivity contribution in [1.82, 2.24) is 9.62 Å². The first-order chi connectivity index (χ1) is 10.6. The van der Waals surface area contributed by atoms with E-state index in [0.717, 1.165) is 4.90 Å². The molecule has 13 heteroatoms. The number of fused-ring (bicyclic) bond motifs is 1. The molecule has 2 atom stereocenters. The summed E-state index contributed by atoms with van der Waals surface area (Å²) in [4.78, 5) is 35.1. The van der Waals surface area contributed by atoms with E-state index in [2.05, 4.69) is 13.9 Å². The van der Waals surface area contributed by atoms with E-state index >= 15 is 0 Å². The third-order valence-electron chi connectivity index (χ3n) is 3.68. The van der Waals surface area contributed by atoms with Gasteiger partial charge in [-0.1, -0.05) is 0 Å². The van der Waals surface area contributed by atoms with Gasteiger partial charge >= 0.3 is 35.7 Å². The summed E-state index contributed by atoms with van der Waals surface area (Å²) in [6.45, 7) is 4.16. The molecule has 0 unspecified atom stereocenters. The average molecular weight is 387 g/mol. The Balaban J connectivity index is 0.00000288. The zero-order chi connectivity index (χ0) is 17.6. The van der Waals surface area contributed by atoms with Crippen LogP contribution in [0.15, 0.2) is 4.40 Å². The fourth-order valence-electron chi connectivity index (χ4n) is 2.49. The molecule has 128 valence electrons. The molecule has 2 aliphatic heterocycles. The molecule has 10 nitrogen and oxygen atoms in total. The van der Waals surface area contributed by atoms with Gasteiger partial charge in [-0.25, -0.2) is 17.9 Å². The maximum Gasteiger partial charge on any atom is 1.00 e. The van der Waals surface area contributed by atoms with Crippen LogP contribution < -0.4 is 39.4 Å². The Morgan fingerprint density at radius 3 is 2.54 bits per heavy atom. The smallest absolute Gasteiger partial charge is 0.548 e. The van der Waals surface area contributed by atoms with Gasteiger partial charge in [0.1, 0.15) is 0 Å². The summed E-state index contributed by atoms with van der Waals surface area (Å²) in [5.41, 5.74) is -0.344. The van der Waals surface area contributed by atoms with E-state index in [-0.39, 0.29) is 41.9 Å². The van der Waals surface area contributed by atoms with E-state index in [4.69, 9.17) is 0 Å². The van der Waals surface area contributed by atoms with Gasteiger partial charge in [-0.2, -0.15) is 4.40 Å². The van der Waals surface area contributed by atoms with E-state index in [9.17, 15) is 27.9 Å². The third-order valence-corrected chi connectivity index (χ3v) is 6.95. The SMILES string of the molecule is CCOC(=O)NS/N=C1\C(=O)N2[C@@H](C(=O)[O-])C(C)(C)S(=O)(=O)[C@H]12.[Na+]. The standard InChI is InChI=1S/C11H15N3O7S2.Na/c1-4-21-10(18)13-22-12-5-7(15)14-6(9(16)17)11(2,3)23(19,20)8(5)14;/h6,8H,4H2,1-3H3,(H,13,18)(H,16,17);/q;+1/p-1/b12-5+;/t6-,8+;/m0./s1. The van der Waals surface area contributed by atoms with Crippen LogP contribution in [0, 0.1) is 0 Å². The molecule has 0 bridgehead atoms. The second-order valence-electron chi connectivity index (χ2n) is 5.33. The summed E-state index contributed by atoms with van der Waals surface area (Å²) in [5.74, 6) is -2.47. The summed E-state index contributed by atoms with van der Waals surface area (Å²) >= 11 is 0.437. The molecule has 0 aromatic rings. The van der Waals surface area contributed by atoms with Crippen LogP contribution in [0.1, 0.15) is 20.8 Å². The Morgan fingerprint density at radius 1 is 1.46 bits per heavy atom. The van der Waals surface area contributed by atoms with Crippen molar-refractivity contribution in [3.63, 3.8) is 0 Å². The predicted octanol–water partition coefficient (Wildman–Crippen LogP) is -4.77. The number of carbonyl (C=O) groups excluding carboxylic acids is 3. The summed E-state index contributed by atoms with van der Waals surface area (Å²) in [6, 6.07) is -1.59. The largest absolute Gasteiger partial charge is 1.00 e. The molecule has 0 saturated carbocycles. The Morgan fingerprint density at radius 2 is 2.04 bits per heavy atom. The molecular formula is C11H14N3NaO7S2. The number of aliphatic carboxylic acids is 1. The number of nitrogens with one attached hydrogen (secondary N) is 1. The third kappa shape index (κ3) is 3.05. The van der Waals surface area contributed by atoms with Crippen LogP contribution in [0.2, 0.25) is 0 Å². The summed E-state index contributed by atoms with van der Waals surface area (Å²) in [6.07, 6.45) is -0.798. The molecule has 2 amide bonds. The zero-order valence-electron chi connectivity index (χ0n) is 13.4. The predicted molar refractivity (Wildman–Crippen MR) is 77.6 cm³/mol. The van der Waals surface area contributed by atoms with Crippen LogP contribution in [0.25, 0.3) is 0 Å². The van der Waals surface area contributed by atoms with Crippen LogP contribution in [0.3, 0.4) is 0 Å². The molecule has 0 aromatic carbocycles. The van der Waals surface area contributed by atoms with Gasteiger partial charge in [0, 0.05) is 0 Å². The number of ether oxygens (including phenoxy) is 1. The maximum absolute atomic E-state index is 12.5. The van der Waals surface area contributed by atoms with Crippen molar-refractivity contribution in [3.8, 4) is 0 Å². The number of rotatable bonds is 4. The van der Waals surface area contributed by atoms with Crippen LogP contribution in [0.5, 0.6) is 0 Å². The van der Waals surface area contributed by atoms with Crippen LogP contribution in [-0.2, 0) is 24.2 Å². The van der Waals surface area contributed by atoms with Crippen molar-refractivity contribution in [2.24, 2.45) is 4.40 Å². The first-order valence-corrected chi connectivity index (χ1v) is 8.83. The first kappa shape index (κ1) is 21.2. The summed E-state index contributed by atoms with van der Waals surface area (Å²) in [5, 5.41) is 9.78. The van der Waals surface area contributed by atoms with Gasteiger partial charge in [-0.15, -0.1) is 0 Å². The number of sulfone groups is 1. The van der Waals surface area contributed by atoms with Gasteiger partial charge in [0.2, 0.25) is 0 Å². The summed E-state index contributed by atoms with van der Waals surface area (Å²) in [7, 11) is -4.01. The van der Waals surface area contributed by atoms with Crippen molar-refractivity contribution < 1.29 is 62.2 Å². The van der Waals surface area contributed by atoms with E-state index in [1.165, 1.54) is 13.8 Å². The molecule has 2 saturated heterocycles. The summed E-state index contributed by atoms with van der Waals surface area (Å²) < 4.78 is 33.6. The minimum absolute atomic E-state index is 0. The Labute approximate surface area is 164 Å². The van der Waals surface area contributed by atoms with Crippen molar-refractivity contribution in [3.05, 3.63) is 0 Å². The van der Waals surface area contributed by atoms with Gasteiger partial charge in [0.15, 0.2) is 20.9 Å². The molecule has 0 aliphatic carbocycles. The van der Waals surface area contributed by atoms with Crippen LogP contribution in [-0.4, -0.2) is 59.8 Å². The number of hydrogen-bond donors (Lipinski definition) is 1. The van der Waals surface area contributed by atoms with Gasteiger partial charge < -0.3 is 19.5 Å². The molecule has 2 heterocycles. The molecule has 0 radical (unpaired) electrons. The number of nitrogens with zero attached hydrogens (tertiary/aromatic N) is 2. The fourth-order valence-corrected chi connectivity index (χ4v) is 5.07. The number of amides is 2. The number of hydrogen-bond acceptors (Lipinski definition) is 9. The van der Waals surface area contributed by atoms with Crippen molar-refractivity contribution >= 4 is 45.7 Å². The van der Waals surface area contributed by atoms with Crippen molar-refractivity contribution in [2.45, 2.75) is 36.9 Å². The van der Waals surface area contributed by atoms with Crippen LogP contribution >= 0.6 is 12.1 Å². The molecule has 0 aromatic heterocycles. The number of carbonyl (C=O) groups is 3. The second-order valence-corrected chi connectivity index (χ2v) is 8.48. The molecule has 1 N–H and O–H groups in total. The van der Waals surface area contributed by atoms with Gasteiger partial charge in [0.25, 0.3) is 5.91 Å². The molecule has 2 aliphatic rings. The van der Waals surface area contributed by atoms with E-state index < -0.39 is 44.0 Å². The fraction of sp³-hybridized carbons (Fsp3) is 0.636. The monoisotopic (exact) mass is 387 g/mol. The van der Waals surface area contributed by atoms with E-state index in [0.29, 0.717) is 12.1 Å². The van der Waals surface area contributed by atoms with Crippen molar-refractivity contribution in [1.29, 1.82) is 0 Å². The molecule has 2 fully saturated rings. The molecule has 0 spiro atoms. The minimum atomic E-state index is -4.01. The number of carboxylic acid groups (broad SMARTS) is 1. The van der Waals surface area contributed by atoms with Gasteiger partial charge in [-0.3, -0.25) is 4.79 Å². The van der Waals surface area contributed by atoms with E-state index in [1.54, 1.807) is 6.92 Å². The minimum Gasteiger partial charge on any atom is -0.548 e. The normalized spacial score (nSPS) is 27.7. The van der Waals surface area contributed by atoms with Gasteiger partial charge in [-0.05, 0) is 20.8 Å². The van der Waals surface area contributed by atoms with Gasteiger partial charge in [0.05, 0.1) is 35.5 Å². The topological polar surface area (TPSA) is 145 Å². The maximum atomic E-state index is 12.5. The van der Waals surface area contributed by atoms with Crippen LogP contribution in [0.4, 0.5) is 4.79 Å². The molecule has 24 heavy (non-hydrogen) atoms. The zero-order valence-corrected chi connectivity index (χ0v) is 17.1. The van der Waals surface area contributed by atoms with Crippen molar-refractivity contribution in [2.75, 3.05) is 6.61 Å². The Kier molecular flexibility index (Phi) is 6.36. The average Bonchev–Trinajstić information content (AvgIpc) is 2.57. The van der Waals surface area contributed by atoms with E-state index in [1.807, 2.05) is 0 Å². The second kappa shape index (κ2) is 7.20.